The van der Waals surface area contributed by atoms with E-state index in [1.54, 1.807) is 0 Å². The Morgan fingerprint density at radius 3 is 1.71 bits per heavy atom. The first-order valence-corrected chi connectivity index (χ1v) is 8.20. The number of alkyl halides is 6. The highest BCUT2D eigenvalue weighted by Crippen LogP contribution is 2.45. The molecule has 2 N–H and O–H groups in total. The van der Waals surface area contributed by atoms with Crippen LogP contribution in [0.25, 0.3) is 0 Å². The zero-order chi connectivity index (χ0) is 21.3. The molecular formula is C16H17F6N5O. The number of aromatic nitrogens is 3. The summed E-state index contributed by atoms with van der Waals surface area (Å²) in [6.07, 6.45) is -8.21. The minimum absolute atomic E-state index is 0.179. The van der Waals surface area contributed by atoms with Crippen molar-refractivity contribution in [1.82, 2.24) is 15.0 Å². The van der Waals surface area contributed by atoms with Crippen molar-refractivity contribution >= 4 is 17.7 Å². The lowest BCUT2D eigenvalue weighted by Gasteiger charge is -2.19. The molecule has 0 bridgehead atoms. The van der Waals surface area contributed by atoms with Crippen molar-refractivity contribution in [3.05, 3.63) is 5.82 Å². The summed E-state index contributed by atoms with van der Waals surface area (Å²) in [7, 11) is 0. The maximum Gasteiger partial charge on any atom is 0.408 e. The van der Waals surface area contributed by atoms with E-state index in [0.29, 0.717) is 12.8 Å². The Bertz CT molecular complexity index is 766. The predicted molar refractivity (Wildman–Crippen MR) is 87.3 cm³/mol. The quantitative estimate of drug-likeness (QED) is 0.574. The van der Waals surface area contributed by atoms with Crippen LogP contribution in [0.1, 0.15) is 39.4 Å². The molecule has 1 aliphatic carbocycles. The van der Waals surface area contributed by atoms with Gasteiger partial charge in [0.1, 0.15) is 17.9 Å². The molecule has 1 aromatic rings. The normalized spacial score (nSPS) is 17.8. The molecule has 2 atom stereocenters. The molecule has 1 aromatic heterocycles. The average molecular weight is 409 g/mol. The van der Waals surface area contributed by atoms with Gasteiger partial charge in [0, 0.05) is 0 Å². The number of carbonyl (C=O) groups excluding carboxylic acids is 1. The number of nitrogens with zero attached hydrogens (tertiary/aromatic N) is 3. The lowest BCUT2D eigenvalue weighted by Crippen LogP contribution is -2.35. The molecule has 154 valence electrons. The van der Waals surface area contributed by atoms with Gasteiger partial charge in [0.15, 0.2) is 0 Å². The van der Waals surface area contributed by atoms with Crippen LogP contribution in [-0.4, -0.2) is 45.2 Å². The number of nitrogens with one attached hydrogen (secondary N) is 2. The van der Waals surface area contributed by atoms with Gasteiger partial charge in [-0.05, 0) is 39.5 Å². The Balaban J connectivity index is 2.35. The summed E-state index contributed by atoms with van der Waals surface area (Å²) >= 11 is 0. The Morgan fingerprint density at radius 1 is 0.964 bits per heavy atom. The molecule has 1 aliphatic rings. The van der Waals surface area contributed by atoms with E-state index in [0.717, 1.165) is 13.8 Å². The van der Waals surface area contributed by atoms with Gasteiger partial charge in [-0.25, -0.2) is 0 Å². The second kappa shape index (κ2) is 7.44. The fourth-order valence-corrected chi connectivity index (χ4v) is 1.98. The van der Waals surface area contributed by atoms with Crippen molar-refractivity contribution < 1.29 is 31.1 Å². The lowest BCUT2D eigenvalue weighted by molar-refractivity contribution is -0.139. The number of anilines is 2. The number of carbonyl (C=O) groups is 1. The van der Waals surface area contributed by atoms with Gasteiger partial charge in [-0.15, -0.1) is 0 Å². The van der Waals surface area contributed by atoms with Crippen LogP contribution in [0, 0.1) is 17.3 Å². The first-order chi connectivity index (χ1) is 12.7. The van der Waals surface area contributed by atoms with E-state index in [2.05, 4.69) is 26.8 Å². The second-order valence-electron chi connectivity index (χ2n) is 6.51. The number of hydrogen-bond donors (Lipinski definition) is 2. The third kappa shape index (κ3) is 5.46. The minimum atomic E-state index is -4.63. The number of ketones is 1. The van der Waals surface area contributed by atoms with Crippen LogP contribution >= 0.6 is 0 Å². The summed E-state index contributed by atoms with van der Waals surface area (Å²) in [6.45, 7) is 2.95. The zero-order valence-electron chi connectivity index (χ0n) is 15.1. The molecule has 1 saturated carbocycles. The highest BCUT2D eigenvalue weighted by atomic mass is 19.4. The smallest absolute Gasteiger partial charge is 0.343 e. The van der Waals surface area contributed by atoms with Crippen molar-refractivity contribution in [3.63, 3.8) is 0 Å². The third-order valence-corrected chi connectivity index (χ3v) is 4.15. The Labute approximate surface area is 156 Å². The van der Waals surface area contributed by atoms with E-state index < -0.39 is 41.7 Å². The van der Waals surface area contributed by atoms with Crippen LogP contribution in [-0.2, 0) is 4.79 Å². The number of rotatable bonds is 5. The number of halogens is 6. The van der Waals surface area contributed by atoms with E-state index >= 15 is 0 Å². The first kappa shape index (κ1) is 21.7. The van der Waals surface area contributed by atoms with Gasteiger partial charge in [0.25, 0.3) is 0 Å². The topological polar surface area (TPSA) is 79.8 Å². The van der Waals surface area contributed by atoms with Gasteiger partial charge in [-0.1, -0.05) is 5.92 Å². The molecule has 1 fully saturated rings. The van der Waals surface area contributed by atoms with E-state index in [9.17, 15) is 31.1 Å². The standard InChI is InChI=1S/C16H17F6N5O/c1-8(15(17,18)19)23-12-25-11(4-5-14(6-7-14)10(3)28)26-13(27-12)24-9(2)16(20,21)22/h8-9H,6-7H2,1-3H3,(H2,23,24,25,26,27)/t8-,9-/m1/s1. The molecular weight excluding hydrogens is 392 g/mol. The maximum absolute atomic E-state index is 12.7. The summed E-state index contributed by atoms with van der Waals surface area (Å²) in [5.74, 6) is 3.41. The largest absolute Gasteiger partial charge is 0.408 e. The van der Waals surface area contributed by atoms with E-state index in [-0.39, 0.29) is 11.6 Å². The van der Waals surface area contributed by atoms with Crippen molar-refractivity contribution in [2.75, 3.05) is 10.6 Å². The van der Waals surface area contributed by atoms with Crippen LogP contribution in [0.4, 0.5) is 38.2 Å². The highest BCUT2D eigenvalue weighted by molar-refractivity contribution is 5.88. The fourth-order valence-electron chi connectivity index (χ4n) is 1.98. The van der Waals surface area contributed by atoms with Crippen molar-refractivity contribution in [2.24, 2.45) is 5.41 Å². The second-order valence-corrected chi connectivity index (χ2v) is 6.51. The summed E-state index contributed by atoms with van der Waals surface area (Å²) in [5.41, 5.74) is -0.855. The van der Waals surface area contributed by atoms with E-state index in [4.69, 9.17) is 0 Å². The Morgan fingerprint density at radius 2 is 1.39 bits per heavy atom. The molecule has 0 radical (unpaired) electrons. The molecule has 1 heterocycles. The van der Waals surface area contributed by atoms with Gasteiger partial charge < -0.3 is 10.6 Å². The number of hydrogen-bond acceptors (Lipinski definition) is 6. The summed E-state index contributed by atoms with van der Waals surface area (Å²) in [5, 5.41) is 3.93. The molecule has 12 heteroatoms. The maximum atomic E-state index is 12.7. The van der Waals surface area contributed by atoms with Crippen LogP contribution in [0.3, 0.4) is 0 Å². The molecule has 0 aromatic carbocycles. The van der Waals surface area contributed by atoms with Crippen LogP contribution in [0.2, 0.25) is 0 Å². The van der Waals surface area contributed by atoms with Crippen LogP contribution in [0.5, 0.6) is 0 Å². The van der Waals surface area contributed by atoms with Gasteiger partial charge in [-0.3, -0.25) is 4.79 Å². The first-order valence-electron chi connectivity index (χ1n) is 8.20. The van der Waals surface area contributed by atoms with Crippen LogP contribution in [0.15, 0.2) is 0 Å². The van der Waals surface area contributed by atoms with Crippen LogP contribution < -0.4 is 10.6 Å². The molecule has 0 unspecified atom stereocenters. The summed E-state index contributed by atoms with van der Waals surface area (Å²) < 4.78 is 76.4. The minimum Gasteiger partial charge on any atom is -0.343 e. The average Bonchev–Trinajstić information content (AvgIpc) is 3.32. The van der Waals surface area contributed by atoms with Gasteiger partial charge >= 0.3 is 12.4 Å². The fraction of sp³-hybridized carbons (Fsp3) is 0.625. The molecule has 0 amide bonds. The Kier molecular flexibility index (Phi) is 5.77. The molecule has 0 aliphatic heterocycles. The van der Waals surface area contributed by atoms with Gasteiger partial charge in [0.05, 0.1) is 5.41 Å². The van der Waals surface area contributed by atoms with Crippen molar-refractivity contribution in [1.29, 1.82) is 0 Å². The van der Waals surface area contributed by atoms with Crippen molar-refractivity contribution in [3.8, 4) is 11.8 Å². The van der Waals surface area contributed by atoms with E-state index in [1.807, 2.05) is 10.6 Å². The molecule has 28 heavy (non-hydrogen) atoms. The van der Waals surface area contributed by atoms with E-state index in [1.165, 1.54) is 6.92 Å². The summed E-state index contributed by atoms with van der Waals surface area (Å²) in [6, 6.07) is -4.12. The lowest BCUT2D eigenvalue weighted by atomic mass is 10.0. The monoisotopic (exact) mass is 409 g/mol. The Hall–Kier alpha value is -2.58. The molecule has 6 nitrogen and oxygen atoms in total. The molecule has 2 rings (SSSR count). The third-order valence-electron chi connectivity index (χ3n) is 4.15. The van der Waals surface area contributed by atoms with Crippen molar-refractivity contribution in [2.45, 2.75) is 58.0 Å². The zero-order valence-corrected chi connectivity index (χ0v) is 15.1. The SMILES string of the molecule is CC(=O)C1(C#Cc2nc(N[C@H](C)C(F)(F)F)nc(N[C@H](C)C(F)(F)F)n2)CC1. The van der Waals surface area contributed by atoms with Gasteiger partial charge in [-0.2, -0.15) is 41.3 Å². The summed E-state index contributed by atoms with van der Waals surface area (Å²) in [4.78, 5) is 22.5. The number of Topliss-reactive ketones (excluding diaryl/α,β-unsaturated/α-hetero) is 1. The highest BCUT2D eigenvalue weighted by Gasteiger charge is 2.46. The van der Waals surface area contributed by atoms with Gasteiger partial charge in [0.2, 0.25) is 17.7 Å². The molecule has 0 spiro atoms. The molecule has 0 saturated heterocycles. The predicted octanol–water partition coefficient (Wildman–Crippen LogP) is 3.32.